The van der Waals surface area contributed by atoms with Crippen LogP contribution in [-0.4, -0.2) is 23.4 Å². The zero-order chi connectivity index (χ0) is 9.44. The summed E-state index contributed by atoms with van der Waals surface area (Å²) in [4.78, 5) is 12.6. The number of carbonyl (C=O) groups excluding carboxylic acids is 1. The minimum Gasteiger partial charge on any atom is -0.341 e. The Morgan fingerprint density at radius 2 is 1.73 bits per heavy atom. The zero-order valence-corrected chi connectivity index (χ0v) is 8.64. The van der Waals surface area contributed by atoms with Crippen molar-refractivity contribution >= 4 is 5.91 Å². The average molecular weight is 159 g/mol. The van der Waals surface area contributed by atoms with E-state index in [1.807, 2.05) is 39.5 Å². The van der Waals surface area contributed by atoms with E-state index in [4.69, 9.17) is 0 Å². The lowest BCUT2D eigenvalue weighted by Gasteiger charge is -2.22. The summed E-state index contributed by atoms with van der Waals surface area (Å²) < 4.78 is 0. The number of hydrogen-bond donors (Lipinski definition) is 0. The number of nitrogens with zero attached hydrogens (tertiary/aromatic N) is 1. The van der Waals surface area contributed by atoms with Crippen LogP contribution in [0.15, 0.2) is 0 Å². The third-order valence-corrected chi connectivity index (χ3v) is 1.37. The fraction of sp³-hybridized carbons (Fsp3) is 0.889. The molecular weight excluding hydrogens is 138 g/mol. The van der Waals surface area contributed by atoms with E-state index >= 15 is 0 Å². The minimum absolute atomic E-state index is 0.160. The minimum atomic E-state index is 0.160. The van der Waals surface area contributed by atoms with Crippen molar-refractivity contribution in [2.24, 2.45) is 0 Å². The molecule has 0 atom stereocenters. The van der Waals surface area contributed by atoms with Crippen molar-refractivity contribution in [3.05, 3.63) is 0 Å². The fourth-order valence-electron chi connectivity index (χ4n) is 0.951. The van der Waals surface area contributed by atoms with Crippen LogP contribution in [0.2, 0.25) is 0 Å². The Balaban J connectivity index is 0. The number of amides is 1. The van der Waals surface area contributed by atoms with E-state index in [9.17, 15) is 4.79 Å². The Hall–Kier alpha value is -0.530. The quantitative estimate of drug-likeness (QED) is 0.605. The van der Waals surface area contributed by atoms with Crippen LogP contribution in [0.5, 0.6) is 0 Å². The molecular formula is C9H21NO. The maximum absolute atomic E-state index is 10.7. The first kappa shape index (κ1) is 13.1. The van der Waals surface area contributed by atoms with Crippen LogP contribution in [0.3, 0.4) is 0 Å². The largest absolute Gasteiger partial charge is 0.341 e. The van der Waals surface area contributed by atoms with Gasteiger partial charge in [-0.2, -0.15) is 0 Å². The van der Waals surface area contributed by atoms with Crippen LogP contribution in [0.4, 0.5) is 0 Å². The molecule has 68 valence electrons. The maximum atomic E-state index is 10.7. The molecule has 1 amide bonds. The molecule has 0 saturated heterocycles. The zero-order valence-electron chi connectivity index (χ0n) is 8.64. The molecule has 0 bridgehead atoms. The maximum Gasteiger partial charge on any atom is 0.219 e. The Morgan fingerprint density at radius 1 is 1.36 bits per heavy atom. The predicted octanol–water partition coefficient (Wildman–Crippen LogP) is 2.29. The Labute approximate surface area is 70.6 Å². The van der Waals surface area contributed by atoms with Crippen molar-refractivity contribution in [3.63, 3.8) is 0 Å². The van der Waals surface area contributed by atoms with Crippen LogP contribution in [0.25, 0.3) is 0 Å². The van der Waals surface area contributed by atoms with Gasteiger partial charge in [-0.1, -0.05) is 13.8 Å². The summed E-state index contributed by atoms with van der Waals surface area (Å²) in [6.45, 7) is 12.4. The molecule has 0 aliphatic rings. The van der Waals surface area contributed by atoms with Gasteiger partial charge >= 0.3 is 0 Å². The van der Waals surface area contributed by atoms with Gasteiger partial charge in [-0.15, -0.1) is 0 Å². The molecule has 2 heteroatoms. The highest BCUT2D eigenvalue weighted by molar-refractivity contribution is 5.73. The van der Waals surface area contributed by atoms with Gasteiger partial charge in [0.2, 0.25) is 5.91 Å². The van der Waals surface area contributed by atoms with Gasteiger partial charge in [0.1, 0.15) is 0 Å². The first-order chi connectivity index (χ1) is 5.09. The average Bonchev–Trinajstić information content (AvgIpc) is 1.91. The molecule has 0 spiro atoms. The summed E-state index contributed by atoms with van der Waals surface area (Å²) in [5, 5.41) is 0. The molecule has 0 radical (unpaired) electrons. The summed E-state index contributed by atoms with van der Waals surface area (Å²) in [5.41, 5.74) is 0. The highest BCUT2D eigenvalue weighted by Gasteiger charge is 2.07. The van der Waals surface area contributed by atoms with Gasteiger partial charge < -0.3 is 4.90 Å². The normalized spacial score (nSPS) is 8.64. The van der Waals surface area contributed by atoms with E-state index in [1.165, 1.54) is 0 Å². The van der Waals surface area contributed by atoms with Gasteiger partial charge in [0.05, 0.1) is 0 Å². The van der Waals surface area contributed by atoms with E-state index in [1.54, 1.807) is 6.92 Å². The second kappa shape index (κ2) is 7.58. The Bertz CT molecular complexity index is 99.7. The summed E-state index contributed by atoms with van der Waals surface area (Å²) in [6, 6.07) is 0.340. The van der Waals surface area contributed by atoms with E-state index < -0.39 is 0 Å². The number of rotatable bonds is 2. The SMILES string of the molecule is CC.CCN(C(C)=O)C(C)C. The summed E-state index contributed by atoms with van der Waals surface area (Å²) >= 11 is 0. The predicted molar refractivity (Wildman–Crippen MR) is 49.5 cm³/mol. The Morgan fingerprint density at radius 3 is 1.73 bits per heavy atom. The third-order valence-electron chi connectivity index (χ3n) is 1.37. The van der Waals surface area contributed by atoms with Crippen LogP contribution in [0, 0.1) is 0 Å². The van der Waals surface area contributed by atoms with Gasteiger partial charge in [0.25, 0.3) is 0 Å². The molecule has 0 aliphatic carbocycles. The highest BCUT2D eigenvalue weighted by atomic mass is 16.2. The van der Waals surface area contributed by atoms with Gasteiger partial charge in [0.15, 0.2) is 0 Å². The van der Waals surface area contributed by atoms with E-state index in [2.05, 4.69) is 0 Å². The smallest absolute Gasteiger partial charge is 0.219 e. The molecule has 0 unspecified atom stereocenters. The summed E-state index contributed by atoms with van der Waals surface area (Å²) in [7, 11) is 0. The molecule has 0 rings (SSSR count). The standard InChI is InChI=1S/C7H15NO.C2H6/c1-5-8(6(2)3)7(4)9;1-2/h6H,5H2,1-4H3;1-2H3. The van der Waals surface area contributed by atoms with Crippen LogP contribution in [-0.2, 0) is 4.79 Å². The van der Waals surface area contributed by atoms with Crippen LogP contribution < -0.4 is 0 Å². The highest BCUT2D eigenvalue weighted by Crippen LogP contribution is 1.96. The molecule has 2 nitrogen and oxygen atoms in total. The monoisotopic (exact) mass is 159 g/mol. The van der Waals surface area contributed by atoms with Crippen molar-refractivity contribution in [1.29, 1.82) is 0 Å². The first-order valence-corrected chi connectivity index (χ1v) is 4.36. The second-order valence-electron chi connectivity index (χ2n) is 2.40. The molecule has 0 saturated carbocycles. The molecule has 0 aromatic heterocycles. The van der Waals surface area contributed by atoms with Gasteiger partial charge in [-0.25, -0.2) is 0 Å². The lowest BCUT2D eigenvalue weighted by molar-refractivity contribution is -0.130. The molecule has 0 aromatic carbocycles. The van der Waals surface area contributed by atoms with Gasteiger partial charge in [-0.3, -0.25) is 4.79 Å². The van der Waals surface area contributed by atoms with Gasteiger partial charge in [0, 0.05) is 19.5 Å². The Kier molecular flexibility index (Phi) is 9.01. The molecule has 0 aliphatic heterocycles. The fourth-order valence-corrected chi connectivity index (χ4v) is 0.951. The lowest BCUT2D eigenvalue weighted by atomic mass is 10.3. The topological polar surface area (TPSA) is 20.3 Å². The van der Waals surface area contributed by atoms with Gasteiger partial charge in [-0.05, 0) is 20.8 Å². The summed E-state index contributed by atoms with van der Waals surface area (Å²) in [6.07, 6.45) is 0. The van der Waals surface area contributed by atoms with Crippen molar-refractivity contribution in [3.8, 4) is 0 Å². The number of hydrogen-bond acceptors (Lipinski definition) is 1. The van der Waals surface area contributed by atoms with Crippen molar-refractivity contribution < 1.29 is 4.79 Å². The number of carbonyl (C=O) groups is 1. The van der Waals surface area contributed by atoms with Crippen LogP contribution >= 0.6 is 0 Å². The van der Waals surface area contributed by atoms with Crippen molar-refractivity contribution in [2.45, 2.75) is 47.6 Å². The van der Waals surface area contributed by atoms with E-state index in [-0.39, 0.29) is 5.91 Å². The molecule has 0 N–H and O–H groups in total. The molecule has 0 fully saturated rings. The van der Waals surface area contributed by atoms with Crippen molar-refractivity contribution in [2.75, 3.05) is 6.54 Å². The molecule has 11 heavy (non-hydrogen) atoms. The van der Waals surface area contributed by atoms with E-state index in [0.717, 1.165) is 6.54 Å². The summed E-state index contributed by atoms with van der Waals surface area (Å²) in [5.74, 6) is 0.160. The first-order valence-electron chi connectivity index (χ1n) is 4.36. The molecule has 0 aromatic rings. The van der Waals surface area contributed by atoms with Crippen LogP contribution in [0.1, 0.15) is 41.5 Å². The lowest BCUT2D eigenvalue weighted by Crippen LogP contribution is -2.34. The third kappa shape index (κ3) is 5.89. The van der Waals surface area contributed by atoms with E-state index in [0.29, 0.717) is 6.04 Å². The van der Waals surface area contributed by atoms with Crippen molar-refractivity contribution in [1.82, 2.24) is 4.90 Å². The molecule has 0 heterocycles. The second-order valence-corrected chi connectivity index (χ2v) is 2.40.